The smallest absolute Gasteiger partial charge is 0.251 e. The first-order valence-corrected chi connectivity index (χ1v) is 8.64. The van der Waals surface area contributed by atoms with E-state index in [0.717, 1.165) is 29.7 Å². The van der Waals surface area contributed by atoms with E-state index in [-0.39, 0.29) is 5.91 Å². The third kappa shape index (κ3) is 4.55. The van der Waals surface area contributed by atoms with E-state index >= 15 is 0 Å². The number of benzene rings is 2. The van der Waals surface area contributed by atoms with E-state index in [1.54, 1.807) is 30.1 Å². The average molecular weight is 350 g/mol. The number of hydrogen-bond donors (Lipinski definition) is 2. The highest BCUT2D eigenvalue weighted by atomic mass is 16.3. The monoisotopic (exact) mass is 350 g/mol. The fourth-order valence-electron chi connectivity index (χ4n) is 2.69. The molecule has 0 unspecified atom stereocenters. The van der Waals surface area contributed by atoms with Crippen LogP contribution in [0.4, 0.5) is 0 Å². The molecule has 6 heteroatoms. The number of hydrogen-bond acceptors (Lipinski definition) is 4. The molecule has 1 heterocycles. The molecule has 1 aromatic heterocycles. The van der Waals surface area contributed by atoms with Gasteiger partial charge < -0.3 is 10.4 Å². The summed E-state index contributed by atoms with van der Waals surface area (Å²) in [6, 6.07) is 15.2. The van der Waals surface area contributed by atoms with Gasteiger partial charge in [0, 0.05) is 24.8 Å². The van der Waals surface area contributed by atoms with Crippen LogP contribution < -0.4 is 5.32 Å². The molecule has 0 radical (unpaired) electrons. The number of rotatable bonds is 7. The number of nitrogens with zero attached hydrogens (tertiary/aromatic N) is 3. The zero-order valence-electron chi connectivity index (χ0n) is 14.7. The molecule has 0 saturated heterocycles. The minimum absolute atomic E-state index is 0.0916. The Kier molecular flexibility index (Phi) is 5.76. The molecule has 0 aliphatic carbocycles. The third-order valence-corrected chi connectivity index (χ3v) is 4.17. The predicted molar refractivity (Wildman–Crippen MR) is 99.5 cm³/mol. The molecule has 6 nitrogen and oxygen atoms in total. The second-order valence-electron chi connectivity index (χ2n) is 6.15. The lowest BCUT2D eigenvalue weighted by atomic mass is 10.0. The van der Waals surface area contributed by atoms with Gasteiger partial charge >= 0.3 is 0 Å². The van der Waals surface area contributed by atoms with E-state index in [0.29, 0.717) is 12.1 Å². The van der Waals surface area contributed by atoms with Crippen molar-refractivity contribution in [3.05, 3.63) is 72.1 Å². The molecule has 0 aliphatic heterocycles. The molecule has 3 rings (SSSR count). The fraction of sp³-hybridized carbons (Fsp3) is 0.250. The van der Waals surface area contributed by atoms with E-state index in [4.69, 9.17) is 0 Å². The third-order valence-electron chi connectivity index (χ3n) is 4.17. The molecule has 1 amide bonds. The van der Waals surface area contributed by atoms with Gasteiger partial charge in [0.1, 0.15) is 0 Å². The molecule has 134 valence electrons. The van der Waals surface area contributed by atoms with E-state index in [9.17, 15) is 9.90 Å². The van der Waals surface area contributed by atoms with Gasteiger partial charge in [0.25, 0.3) is 5.91 Å². The lowest BCUT2D eigenvalue weighted by Crippen LogP contribution is -2.25. The largest absolute Gasteiger partial charge is 0.389 e. The van der Waals surface area contributed by atoms with Crippen LogP contribution in [0.25, 0.3) is 11.1 Å². The van der Waals surface area contributed by atoms with Crippen LogP contribution in [0.1, 0.15) is 35.4 Å². The van der Waals surface area contributed by atoms with Gasteiger partial charge in [-0.25, -0.2) is 0 Å². The first kappa shape index (κ1) is 17.8. The maximum Gasteiger partial charge on any atom is 0.251 e. The van der Waals surface area contributed by atoms with Gasteiger partial charge in [0.05, 0.1) is 12.3 Å². The molecular formula is C20H22N4O2. The van der Waals surface area contributed by atoms with Crippen LogP contribution in [-0.4, -0.2) is 32.6 Å². The van der Waals surface area contributed by atoms with Crippen LogP contribution in [0, 0.1) is 0 Å². The number of aryl methyl sites for hydroxylation is 1. The molecule has 2 aromatic carbocycles. The number of carbonyl (C=O) groups excluding carboxylic acids is 1. The Balaban J connectivity index is 1.60. The number of amides is 1. The first-order valence-electron chi connectivity index (χ1n) is 8.64. The minimum atomic E-state index is -0.487. The second-order valence-corrected chi connectivity index (χ2v) is 6.15. The van der Waals surface area contributed by atoms with Crippen molar-refractivity contribution in [2.75, 3.05) is 6.54 Å². The van der Waals surface area contributed by atoms with Crippen LogP contribution in [0.15, 0.2) is 60.9 Å². The summed E-state index contributed by atoms with van der Waals surface area (Å²) < 4.78 is 1.74. The topological polar surface area (TPSA) is 80.0 Å². The molecular weight excluding hydrogens is 328 g/mol. The molecule has 26 heavy (non-hydrogen) atoms. The summed E-state index contributed by atoms with van der Waals surface area (Å²) in [6.45, 7) is 3.03. The van der Waals surface area contributed by atoms with Crippen molar-refractivity contribution < 1.29 is 9.90 Å². The molecule has 0 bridgehead atoms. The van der Waals surface area contributed by atoms with Crippen molar-refractivity contribution in [3.63, 3.8) is 0 Å². The van der Waals surface area contributed by atoms with Gasteiger partial charge in [-0.1, -0.05) is 41.6 Å². The Bertz CT molecular complexity index is 843. The molecule has 1 atom stereocenters. The maximum absolute atomic E-state index is 12.4. The second kappa shape index (κ2) is 8.40. The maximum atomic E-state index is 12.4. The predicted octanol–water partition coefficient (Wildman–Crippen LogP) is 2.82. The summed E-state index contributed by atoms with van der Waals surface area (Å²) >= 11 is 0. The van der Waals surface area contributed by atoms with Crippen LogP contribution in [0.3, 0.4) is 0 Å². The number of nitrogens with one attached hydrogen (secondary N) is 1. The van der Waals surface area contributed by atoms with E-state index in [1.807, 2.05) is 42.5 Å². The summed E-state index contributed by atoms with van der Waals surface area (Å²) in [6.07, 6.45) is 3.74. The summed E-state index contributed by atoms with van der Waals surface area (Å²) in [5.74, 6) is -0.0916. The molecule has 0 spiro atoms. The highest BCUT2D eigenvalue weighted by Gasteiger charge is 2.07. The first-order chi connectivity index (χ1) is 12.6. The normalized spacial score (nSPS) is 11.9. The van der Waals surface area contributed by atoms with Crippen LogP contribution in [0.2, 0.25) is 0 Å². The Labute approximate surface area is 152 Å². The van der Waals surface area contributed by atoms with Gasteiger partial charge in [-0.3, -0.25) is 9.48 Å². The average Bonchev–Trinajstić information content (AvgIpc) is 3.19. The Morgan fingerprint density at radius 1 is 1.19 bits per heavy atom. The summed E-state index contributed by atoms with van der Waals surface area (Å²) in [5.41, 5.74) is 3.48. The SMILES string of the molecule is C[C@H](O)c1ccc(-c2cccc(C(=O)NCCCn3ccnn3)c2)cc1. The van der Waals surface area contributed by atoms with Gasteiger partial charge in [-0.05, 0) is 42.2 Å². The summed E-state index contributed by atoms with van der Waals surface area (Å²) in [7, 11) is 0. The molecule has 0 fully saturated rings. The van der Waals surface area contributed by atoms with Gasteiger partial charge in [0.15, 0.2) is 0 Å². The van der Waals surface area contributed by atoms with Crippen molar-refractivity contribution in [2.45, 2.75) is 26.0 Å². The molecule has 3 aromatic rings. The Morgan fingerprint density at radius 2 is 2.00 bits per heavy atom. The van der Waals surface area contributed by atoms with Crippen molar-refractivity contribution >= 4 is 5.91 Å². The molecule has 2 N–H and O–H groups in total. The zero-order valence-corrected chi connectivity index (χ0v) is 14.7. The Morgan fingerprint density at radius 3 is 2.69 bits per heavy atom. The summed E-state index contributed by atoms with van der Waals surface area (Å²) in [5, 5.41) is 20.2. The van der Waals surface area contributed by atoms with Crippen LogP contribution in [-0.2, 0) is 6.54 Å². The van der Waals surface area contributed by atoms with Crippen LogP contribution in [0.5, 0.6) is 0 Å². The lowest BCUT2D eigenvalue weighted by molar-refractivity contribution is 0.0952. The molecule has 0 aliphatic rings. The number of aliphatic hydroxyl groups is 1. The van der Waals surface area contributed by atoms with Gasteiger partial charge in [-0.2, -0.15) is 0 Å². The fourth-order valence-corrected chi connectivity index (χ4v) is 2.69. The van der Waals surface area contributed by atoms with Crippen molar-refractivity contribution in [1.29, 1.82) is 0 Å². The van der Waals surface area contributed by atoms with Crippen LogP contribution >= 0.6 is 0 Å². The number of carbonyl (C=O) groups is 1. The van der Waals surface area contributed by atoms with Crippen molar-refractivity contribution in [2.24, 2.45) is 0 Å². The van der Waals surface area contributed by atoms with E-state index in [2.05, 4.69) is 15.6 Å². The highest BCUT2D eigenvalue weighted by Crippen LogP contribution is 2.23. The van der Waals surface area contributed by atoms with E-state index in [1.165, 1.54) is 0 Å². The van der Waals surface area contributed by atoms with Crippen molar-refractivity contribution in [1.82, 2.24) is 20.3 Å². The van der Waals surface area contributed by atoms with Gasteiger partial charge in [0.2, 0.25) is 0 Å². The number of aliphatic hydroxyl groups excluding tert-OH is 1. The Hall–Kier alpha value is -2.99. The minimum Gasteiger partial charge on any atom is -0.389 e. The summed E-state index contributed by atoms with van der Waals surface area (Å²) in [4.78, 5) is 12.4. The zero-order chi connectivity index (χ0) is 18.4. The standard InChI is InChI=1S/C20H22N4O2/c1-15(25)16-6-8-17(9-7-16)18-4-2-5-19(14-18)20(26)21-10-3-12-24-13-11-22-23-24/h2,4-9,11,13-15,25H,3,10,12H2,1H3,(H,21,26)/t15-/m0/s1. The van der Waals surface area contributed by atoms with Crippen molar-refractivity contribution in [3.8, 4) is 11.1 Å². The quantitative estimate of drug-likeness (QED) is 0.642. The number of aromatic nitrogens is 3. The highest BCUT2D eigenvalue weighted by molar-refractivity contribution is 5.95. The van der Waals surface area contributed by atoms with E-state index < -0.39 is 6.10 Å². The lowest BCUT2D eigenvalue weighted by Gasteiger charge is -2.09. The van der Waals surface area contributed by atoms with Gasteiger partial charge in [-0.15, -0.1) is 5.10 Å². The molecule has 0 saturated carbocycles.